The summed E-state index contributed by atoms with van der Waals surface area (Å²) in [4.78, 5) is 86.6. The molecule has 4 aliphatic heterocycles. The predicted molar refractivity (Wildman–Crippen MR) is 349 cm³/mol. The Kier molecular flexibility index (Phi) is 17.5. The van der Waals surface area contributed by atoms with Gasteiger partial charge >= 0.3 is 34.1 Å². The first kappa shape index (κ1) is 59.9. The number of rotatable bonds is 22. The Balaban J connectivity index is 0.703. The van der Waals surface area contributed by atoms with E-state index in [0.29, 0.717) is 23.0 Å². The summed E-state index contributed by atoms with van der Waals surface area (Å²) in [6.45, 7) is -2.81. The first-order chi connectivity index (χ1) is 44.7. The lowest BCUT2D eigenvalue weighted by molar-refractivity contribution is 0.112. The quantitative estimate of drug-likeness (QED) is 0.0462. The Bertz CT molecular complexity index is 4220. The van der Waals surface area contributed by atoms with Crippen molar-refractivity contribution < 1.29 is 40.9 Å². The van der Waals surface area contributed by atoms with E-state index in [1.807, 2.05) is 194 Å². The fourth-order valence-electron chi connectivity index (χ4n) is 11.2. The molecule has 10 aromatic rings. The van der Waals surface area contributed by atoms with Crippen molar-refractivity contribution in [2.24, 2.45) is 0 Å². The molecule has 21 nitrogen and oxygen atoms in total. The van der Waals surface area contributed by atoms with Crippen LogP contribution in [0.15, 0.2) is 223 Å². The number of para-hydroxylation sites is 4. The SMILES string of the molecule is O=c1n(CCOCCn2c(=O)n(CCOP3Oc4ccccc4-c4ccccc43)c(=O)n(CCOP3Oc4ccccc4-c4ccccc43)c2=O)c(=O)n(CCOP2Oc3ccccc3-c3ccccc32)c(=O)n1CCOP1Oc2ccccc2-c2ccccc21. The van der Waals surface area contributed by atoms with Gasteiger partial charge in [0.1, 0.15) is 23.0 Å². The second-order valence-corrected chi connectivity index (χ2v) is 26.7. The van der Waals surface area contributed by atoms with Crippen LogP contribution < -0.4 is 73.5 Å². The van der Waals surface area contributed by atoms with Gasteiger partial charge in [0.15, 0.2) is 0 Å². The first-order valence-corrected chi connectivity index (χ1v) is 34.0. The molecule has 25 heteroatoms. The summed E-state index contributed by atoms with van der Waals surface area (Å²) < 4.78 is 62.3. The van der Waals surface area contributed by atoms with Crippen molar-refractivity contribution in [1.82, 2.24) is 27.4 Å². The molecular formula is C66H56N6O15P4. The van der Waals surface area contributed by atoms with Crippen molar-refractivity contribution in [3.05, 3.63) is 257 Å². The maximum atomic E-state index is 14.4. The van der Waals surface area contributed by atoms with Crippen LogP contribution >= 0.6 is 33.5 Å². The molecule has 0 fully saturated rings. The van der Waals surface area contributed by atoms with Gasteiger partial charge in [-0.15, -0.1) is 0 Å². The van der Waals surface area contributed by atoms with Crippen molar-refractivity contribution in [2.45, 2.75) is 39.3 Å². The van der Waals surface area contributed by atoms with E-state index in [4.69, 9.17) is 40.9 Å². The van der Waals surface area contributed by atoms with Crippen LogP contribution in [0.25, 0.3) is 44.5 Å². The molecule has 0 bridgehead atoms. The average Bonchev–Trinajstić information content (AvgIpc) is 1.14. The van der Waals surface area contributed by atoms with Crippen LogP contribution in [0, 0.1) is 0 Å². The molecule has 0 radical (unpaired) electrons. The van der Waals surface area contributed by atoms with Crippen molar-refractivity contribution in [3.63, 3.8) is 0 Å². The van der Waals surface area contributed by atoms with E-state index >= 15 is 0 Å². The Morgan fingerprint density at radius 1 is 0.242 bits per heavy atom. The fourth-order valence-corrected chi connectivity index (χ4v) is 17.1. The second-order valence-electron chi connectivity index (χ2n) is 21.0. The third kappa shape index (κ3) is 11.9. The van der Waals surface area contributed by atoms with E-state index in [-0.39, 0.29) is 78.9 Å². The molecule has 0 N–H and O–H groups in total. The summed E-state index contributed by atoms with van der Waals surface area (Å²) in [6, 6.07) is 61.3. The van der Waals surface area contributed by atoms with Crippen LogP contribution in [0.1, 0.15) is 0 Å². The standard InChI is InChI=1S/C66H56N6O15P4/c73-61-67(62(74)70(36-42-81-89-58-30-14-6-22-50(58)46-18-2-10-26-54(46)85-89)65(77)69(61)35-41-80-88-57-29-13-5-21-49(57)45-17-1-9-25-53(45)84-88)33-39-79-40-34-68-63(75)71(37-43-82-90-59-31-15-7-23-51(59)47-19-3-11-27-55(47)86-90)66(78)72(64(68)76)38-44-83-91-60-32-16-8-24-52(60)48-20-4-12-28-56(48)87-91/h1-32H,33-44H2. The van der Waals surface area contributed by atoms with Crippen molar-refractivity contribution >= 4 is 54.7 Å². The predicted octanol–water partition coefficient (Wildman–Crippen LogP) is 8.23. The van der Waals surface area contributed by atoms with Gasteiger partial charge < -0.3 is 40.9 Å². The van der Waals surface area contributed by atoms with Gasteiger partial charge in [0.2, 0.25) is 0 Å². The highest BCUT2D eigenvalue weighted by molar-refractivity contribution is 7.58. The number of hydrogen-bond donors (Lipinski definition) is 0. The van der Waals surface area contributed by atoms with E-state index in [1.165, 1.54) is 0 Å². The van der Waals surface area contributed by atoms with Crippen molar-refractivity contribution in [1.29, 1.82) is 0 Å². The largest absolute Gasteiger partial charge is 0.443 e. The number of hydrogen-bond acceptors (Lipinski definition) is 15. The molecule has 6 heterocycles. The zero-order valence-electron chi connectivity index (χ0n) is 48.6. The highest BCUT2D eigenvalue weighted by Gasteiger charge is 2.33. The molecule has 2 aromatic heterocycles. The number of nitrogens with zero attached hydrogens (tertiary/aromatic N) is 6. The van der Waals surface area contributed by atoms with Crippen LogP contribution in [-0.4, -0.2) is 67.0 Å². The van der Waals surface area contributed by atoms with Crippen LogP contribution in [0.2, 0.25) is 0 Å². The molecule has 460 valence electrons. The Morgan fingerprint density at radius 3 is 0.659 bits per heavy atom. The van der Waals surface area contributed by atoms with E-state index in [0.717, 1.165) is 93.1 Å². The lowest BCUT2D eigenvalue weighted by atomic mass is 10.0. The minimum absolute atomic E-state index is 0.139. The third-order valence-electron chi connectivity index (χ3n) is 15.6. The average molecular weight is 1300 g/mol. The van der Waals surface area contributed by atoms with Crippen LogP contribution in [0.3, 0.4) is 0 Å². The Morgan fingerprint density at radius 2 is 0.429 bits per heavy atom. The maximum Gasteiger partial charge on any atom is 0.336 e. The summed E-state index contributed by atoms with van der Waals surface area (Å²) in [7, 11) is -6.76. The monoisotopic (exact) mass is 1300 g/mol. The van der Waals surface area contributed by atoms with E-state index in [9.17, 15) is 28.8 Å². The minimum atomic E-state index is -1.69. The zero-order valence-corrected chi connectivity index (χ0v) is 52.1. The third-order valence-corrected chi connectivity index (χ3v) is 21.9. The first-order valence-electron chi connectivity index (χ1n) is 29.3. The molecule has 4 unspecified atom stereocenters. The van der Waals surface area contributed by atoms with Gasteiger partial charge in [-0.2, -0.15) is 0 Å². The van der Waals surface area contributed by atoms with Gasteiger partial charge in [-0.05, 0) is 70.8 Å². The summed E-state index contributed by atoms with van der Waals surface area (Å²) >= 11 is 0. The Labute approximate surface area is 524 Å². The van der Waals surface area contributed by atoms with E-state index in [2.05, 4.69) is 0 Å². The molecular weight excluding hydrogens is 1240 g/mol. The number of benzene rings is 8. The van der Waals surface area contributed by atoms with Gasteiger partial charge in [0.05, 0.1) is 100 Å². The molecule has 4 atom stereocenters. The maximum absolute atomic E-state index is 14.4. The van der Waals surface area contributed by atoms with E-state index in [1.54, 1.807) is 0 Å². The highest BCUT2D eigenvalue weighted by Crippen LogP contribution is 2.52. The smallest absolute Gasteiger partial charge is 0.336 e. The minimum Gasteiger partial charge on any atom is -0.443 e. The summed E-state index contributed by atoms with van der Waals surface area (Å²) in [5, 5.41) is 3.30. The van der Waals surface area contributed by atoms with E-state index < -0.39 is 67.6 Å². The molecule has 0 saturated carbocycles. The van der Waals surface area contributed by atoms with Crippen LogP contribution in [0.4, 0.5) is 0 Å². The van der Waals surface area contributed by atoms with Gasteiger partial charge in [0.25, 0.3) is 33.5 Å². The molecule has 4 aliphatic rings. The highest BCUT2D eigenvalue weighted by atomic mass is 31.2. The van der Waals surface area contributed by atoms with Gasteiger partial charge in [-0.1, -0.05) is 146 Å². The molecule has 0 amide bonds. The second kappa shape index (κ2) is 26.6. The lowest BCUT2D eigenvalue weighted by Gasteiger charge is -2.27. The molecule has 0 spiro atoms. The molecule has 14 rings (SSSR count). The van der Waals surface area contributed by atoms with Crippen molar-refractivity contribution in [3.8, 4) is 67.5 Å². The zero-order chi connectivity index (χ0) is 62.0. The van der Waals surface area contributed by atoms with Crippen LogP contribution in [0.5, 0.6) is 23.0 Å². The number of aromatic nitrogens is 6. The number of fused-ring (bicyclic) bond motifs is 12. The molecule has 0 saturated heterocycles. The normalized spacial score (nSPS) is 16.2. The molecule has 0 aliphatic carbocycles. The van der Waals surface area contributed by atoms with Gasteiger partial charge in [-0.25, -0.2) is 56.2 Å². The lowest BCUT2D eigenvalue weighted by Crippen LogP contribution is -2.56. The Hall–Kier alpha value is -8.70. The molecule has 8 aromatic carbocycles. The summed E-state index contributed by atoms with van der Waals surface area (Å²) in [5.41, 5.74) is 2.01. The number of ether oxygens (including phenoxy) is 1. The van der Waals surface area contributed by atoms with Gasteiger partial charge in [-0.3, -0.25) is 0 Å². The van der Waals surface area contributed by atoms with Crippen molar-refractivity contribution in [2.75, 3.05) is 39.6 Å². The van der Waals surface area contributed by atoms with Gasteiger partial charge in [0, 0.05) is 22.3 Å². The summed E-state index contributed by atoms with van der Waals surface area (Å²) in [6.07, 6.45) is 0. The topological polar surface area (TPSA) is 215 Å². The van der Waals surface area contributed by atoms with Crippen LogP contribution in [-0.2, 0) is 62.1 Å². The molecule has 91 heavy (non-hydrogen) atoms. The summed E-state index contributed by atoms with van der Waals surface area (Å²) in [5.74, 6) is 2.54. The fraction of sp³-hybridized carbons (Fsp3) is 0.182.